The van der Waals surface area contributed by atoms with Crippen LogP contribution in [-0.2, 0) is 4.79 Å². The van der Waals surface area contributed by atoms with Gasteiger partial charge in [-0.05, 0) is 12.1 Å². The molecule has 8 heteroatoms. The molecule has 0 saturated carbocycles. The van der Waals surface area contributed by atoms with Crippen molar-refractivity contribution in [2.24, 2.45) is 0 Å². The Morgan fingerprint density at radius 3 is 2.33 bits per heavy atom. The summed E-state index contributed by atoms with van der Waals surface area (Å²) in [5.74, 6) is -7.42. The first-order valence-corrected chi connectivity index (χ1v) is 5.85. The molecule has 108 valence electrons. The van der Waals surface area contributed by atoms with Crippen molar-refractivity contribution in [3.63, 3.8) is 0 Å². The van der Waals surface area contributed by atoms with Crippen LogP contribution in [0.2, 0.25) is 0 Å². The van der Waals surface area contributed by atoms with Crippen LogP contribution in [0.15, 0.2) is 24.3 Å². The van der Waals surface area contributed by atoms with E-state index < -0.39 is 41.7 Å². The summed E-state index contributed by atoms with van der Waals surface area (Å²) in [5, 5.41) is 2.50. The molecule has 0 bridgehead atoms. The van der Waals surface area contributed by atoms with Crippen molar-refractivity contribution >= 4 is 23.0 Å². The van der Waals surface area contributed by atoms with Crippen LogP contribution >= 0.6 is 0 Å². The number of anilines is 3. The van der Waals surface area contributed by atoms with Gasteiger partial charge < -0.3 is 10.2 Å². The zero-order chi connectivity index (χ0) is 15.1. The predicted molar refractivity (Wildman–Crippen MR) is 66.1 cm³/mol. The Balaban J connectivity index is 2.24. The van der Waals surface area contributed by atoms with E-state index in [1.165, 1.54) is 12.1 Å². The van der Waals surface area contributed by atoms with E-state index in [-0.39, 0.29) is 11.4 Å². The van der Waals surface area contributed by atoms with E-state index in [0.717, 1.165) is 4.90 Å². The lowest BCUT2D eigenvalue weighted by Crippen LogP contribution is -2.36. The van der Waals surface area contributed by atoms with Crippen molar-refractivity contribution in [2.45, 2.75) is 0 Å². The molecule has 0 radical (unpaired) electrons. The highest BCUT2D eigenvalue weighted by Gasteiger charge is 2.31. The van der Waals surface area contributed by atoms with Gasteiger partial charge in [0.05, 0.1) is 11.4 Å². The number of para-hydroxylation sites is 2. The first-order valence-electron chi connectivity index (χ1n) is 5.85. The second-order valence-corrected chi connectivity index (χ2v) is 4.32. The number of fused-ring (bicyclic) bond motifs is 1. The number of aromatic nitrogens is 1. The molecule has 2 aromatic rings. The fourth-order valence-corrected chi connectivity index (χ4v) is 2.15. The molecular weight excluding hydrogens is 290 g/mol. The van der Waals surface area contributed by atoms with Crippen LogP contribution in [0, 0.1) is 23.5 Å². The van der Waals surface area contributed by atoms with Crippen molar-refractivity contribution in [2.75, 3.05) is 16.8 Å². The minimum atomic E-state index is -1.77. The van der Waals surface area contributed by atoms with Crippen LogP contribution in [-0.4, -0.2) is 17.4 Å². The summed E-state index contributed by atoms with van der Waals surface area (Å²) in [6.07, 6.45) is 0. The normalized spacial score (nSPS) is 13.9. The van der Waals surface area contributed by atoms with Gasteiger partial charge in [0, 0.05) is 0 Å². The molecule has 0 atom stereocenters. The zero-order valence-electron chi connectivity index (χ0n) is 10.3. The summed E-state index contributed by atoms with van der Waals surface area (Å²) < 4.78 is 54.1. The Morgan fingerprint density at radius 2 is 1.67 bits per heavy atom. The second-order valence-electron chi connectivity index (χ2n) is 4.32. The number of nitrogens with one attached hydrogen (secondary N) is 1. The molecule has 0 spiro atoms. The number of amides is 1. The van der Waals surface area contributed by atoms with Crippen LogP contribution in [0.4, 0.5) is 34.6 Å². The van der Waals surface area contributed by atoms with Crippen LogP contribution in [0.25, 0.3) is 0 Å². The minimum Gasteiger partial charge on any atom is -0.325 e. The topological polar surface area (TPSA) is 45.2 Å². The number of halogens is 4. The van der Waals surface area contributed by atoms with Gasteiger partial charge in [-0.1, -0.05) is 12.1 Å². The number of hydrogen-bond donors (Lipinski definition) is 1. The van der Waals surface area contributed by atoms with Crippen LogP contribution in [0.5, 0.6) is 0 Å². The molecule has 1 aliphatic rings. The number of carbonyl (C=O) groups is 1. The monoisotopic (exact) mass is 297 g/mol. The van der Waals surface area contributed by atoms with Gasteiger partial charge in [-0.25, -0.2) is 0 Å². The number of pyridine rings is 1. The minimum absolute atomic E-state index is 0.222. The Hall–Kier alpha value is -2.64. The van der Waals surface area contributed by atoms with Crippen molar-refractivity contribution in [3.05, 3.63) is 47.8 Å². The van der Waals surface area contributed by atoms with Gasteiger partial charge in [0.2, 0.25) is 17.5 Å². The number of rotatable bonds is 1. The van der Waals surface area contributed by atoms with Gasteiger partial charge in [-0.3, -0.25) is 4.79 Å². The molecule has 0 saturated heterocycles. The maximum atomic E-state index is 13.8. The summed E-state index contributed by atoms with van der Waals surface area (Å²) >= 11 is 0. The predicted octanol–water partition coefficient (Wildman–Crippen LogP) is 2.73. The summed E-state index contributed by atoms with van der Waals surface area (Å²) in [6, 6.07) is 6.13. The highest BCUT2D eigenvalue weighted by Crippen LogP contribution is 2.38. The summed E-state index contributed by atoms with van der Waals surface area (Å²) in [6.45, 7) is -0.478. The van der Waals surface area contributed by atoms with E-state index >= 15 is 0 Å². The first kappa shape index (κ1) is 13.3. The number of benzene rings is 1. The van der Waals surface area contributed by atoms with E-state index in [2.05, 4.69) is 10.3 Å². The molecule has 0 unspecified atom stereocenters. The lowest BCUT2D eigenvalue weighted by molar-refractivity contribution is -0.115. The molecule has 2 heterocycles. The van der Waals surface area contributed by atoms with Crippen molar-refractivity contribution in [1.82, 2.24) is 4.98 Å². The van der Waals surface area contributed by atoms with Crippen LogP contribution in [0.3, 0.4) is 0 Å². The van der Waals surface area contributed by atoms with Gasteiger partial charge in [-0.15, -0.1) is 0 Å². The third-order valence-electron chi connectivity index (χ3n) is 3.01. The third kappa shape index (κ3) is 2.08. The molecule has 1 aromatic heterocycles. The van der Waals surface area contributed by atoms with E-state index in [4.69, 9.17) is 0 Å². The SMILES string of the molecule is O=C1CN(c2c(F)c(F)nc(F)c2F)c2ccccc2N1. The number of carbonyl (C=O) groups excluding carboxylic acids is 1. The van der Waals surface area contributed by atoms with Gasteiger partial charge >= 0.3 is 0 Å². The molecule has 21 heavy (non-hydrogen) atoms. The molecule has 0 aliphatic carbocycles. The Bertz CT molecular complexity index is 724. The Kier molecular flexibility index (Phi) is 3.00. The summed E-state index contributed by atoms with van der Waals surface area (Å²) in [7, 11) is 0. The largest absolute Gasteiger partial charge is 0.325 e. The highest BCUT2D eigenvalue weighted by molar-refractivity contribution is 6.03. The average molecular weight is 297 g/mol. The Labute approximate surface area is 116 Å². The molecule has 1 aliphatic heterocycles. The summed E-state index contributed by atoms with van der Waals surface area (Å²) in [4.78, 5) is 15.0. The second kappa shape index (κ2) is 4.72. The molecular formula is C13H7F4N3O. The van der Waals surface area contributed by atoms with E-state index in [1.807, 2.05) is 0 Å². The van der Waals surface area contributed by atoms with Gasteiger partial charge in [0.25, 0.3) is 11.9 Å². The van der Waals surface area contributed by atoms with Gasteiger partial charge in [-0.2, -0.15) is 22.5 Å². The lowest BCUT2D eigenvalue weighted by atomic mass is 10.1. The quantitative estimate of drug-likeness (QED) is 0.650. The van der Waals surface area contributed by atoms with Gasteiger partial charge in [0.15, 0.2) is 0 Å². The highest BCUT2D eigenvalue weighted by atomic mass is 19.2. The number of hydrogen-bond acceptors (Lipinski definition) is 3. The van der Waals surface area contributed by atoms with Crippen molar-refractivity contribution in [1.29, 1.82) is 0 Å². The third-order valence-corrected chi connectivity index (χ3v) is 3.01. The molecule has 3 rings (SSSR count). The van der Waals surface area contributed by atoms with Crippen molar-refractivity contribution < 1.29 is 22.4 Å². The van der Waals surface area contributed by atoms with Crippen LogP contribution < -0.4 is 10.2 Å². The van der Waals surface area contributed by atoms with Gasteiger partial charge in [0.1, 0.15) is 12.2 Å². The van der Waals surface area contributed by atoms with E-state index in [1.54, 1.807) is 12.1 Å². The van der Waals surface area contributed by atoms with Crippen molar-refractivity contribution in [3.8, 4) is 0 Å². The average Bonchev–Trinajstić information content (AvgIpc) is 2.45. The van der Waals surface area contributed by atoms with Crippen LogP contribution in [0.1, 0.15) is 0 Å². The standard InChI is InChI=1S/C13H7F4N3O/c14-9-11(10(15)13(17)19-12(9)16)20-5-8(21)18-6-3-1-2-4-7(6)20/h1-4H,5H2,(H,18,21). The molecule has 4 nitrogen and oxygen atoms in total. The maximum absolute atomic E-state index is 13.8. The zero-order valence-corrected chi connectivity index (χ0v) is 10.3. The van der Waals surface area contributed by atoms with E-state index in [9.17, 15) is 22.4 Å². The fraction of sp³-hybridized carbons (Fsp3) is 0.0769. The smallest absolute Gasteiger partial charge is 0.253 e. The molecule has 1 aromatic carbocycles. The first-order chi connectivity index (χ1) is 9.99. The fourth-order valence-electron chi connectivity index (χ4n) is 2.15. The Morgan fingerprint density at radius 1 is 1.05 bits per heavy atom. The lowest BCUT2D eigenvalue weighted by Gasteiger charge is -2.31. The molecule has 1 N–H and O–H groups in total. The summed E-state index contributed by atoms with van der Waals surface area (Å²) in [5.41, 5.74) is -0.479. The molecule has 1 amide bonds. The maximum Gasteiger partial charge on any atom is 0.253 e. The molecule has 0 fully saturated rings. The number of nitrogens with zero attached hydrogens (tertiary/aromatic N) is 2. The van der Waals surface area contributed by atoms with E-state index in [0.29, 0.717) is 0 Å².